The standard InChI is InChI=1S/C33H33F2N5O3/c1-3-24-20(2)6-7-21-14-23(41)15-25(27(21)24)29-28(35)30-26(17-36-29)31(39-9-5-12-42-13-11-39)38-32(37-30)43-19-33-8-4-10-40(33)18-22(34)16-33/h1,6-7,14-15,17,22,41H,4-5,8-13,16,18-19H2,2H3/t22-,33+/m1/s1. The maximum absolute atomic E-state index is 16.7. The lowest BCUT2D eigenvalue weighted by atomic mass is 9.93. The Kier molecular flexibility index (Phi) is 7.02. The molecule has 0 bridgehead atoms. The second-order valence-electron chi connectivity index (χ2n) is 11.8. The van der Waals surface area contributed by atoms with Crippen LogP contribution in [-0.2, 0) is 4.74 Å². The molecule has 0 unspecified atom stereocenters. The molecule has 0 saturated carbocycles. The fourth-order valence-electron chi connectivity index (χ4n) is 7.05. The van der Waals surface area contributed by atoms with Gasteiger partial charge in [0.25, 0.3) is 0 Å². The van der Waals surface area contributed by atoms with E-state index in [0.717, 1.165) is 31.4 Å². The van der Waals surface area contributed by atoms with Crippen LogP contribution in [0.25, 0.3) is 32.9 Å². The summed E-state index contributed by atoms with van der Waals surface area (Å²) in [7, 11) is 0. The van der Waals surface area contributed by atoms with Crippen LogP contribution in [0, 0.1) is 25.1 Å². The maximum atomic E-state index is 16.7. The third-order valence-corrected chi connectivity index (χ3v) is 9.11. The number of phenols is 1. The summed E-state index contributed by atoms with van der Waals surface area (Å²) in [6.07, 6.45) is 9.57. The minimum absolute atomic E-state index is 0.0157. The van der Waals surface area contributed by atoms with E-state index in [1.807, 2.05) is 24.0 Å². The van der Waals surface area contributed by atoms with E-state index < -0.39 is 17.5 Å². The van der Waals surface area contributed by atoms with Crippen molar-refractivity contribution >= 4 is 27.5 Å². The number of aromatic hydroxyl groups is 1. The largest absolute Gasteiger partial charge is 0.508 e. The zero-order valence-corrected chi connectivity index (χ0v) is 24.1. The van der Waals surface area contributed by atoms with Gasteiger partial charge in [-0.2, -0.15) is 9.97 Å². The second-order valence-corrected chi connectivity index (χ2v) is 11.8. The van der Waals surface area contributed by atoms with Gasteiger partial charge in [-0.15, -0.1) is 6.42 Å². The van der Waals surface area contributed by atoms with Crippen LogP contribution in [0.4, 0.5) is 14.6 Å². The lowest BCUT2D eigenvalue weighted by Crippen LogP contribution is -2.43. The highest BCUT2D eigenvalue weighted by Crippen LogP contribution is 2.41. The highest BCUT2D eigenvalue weighted by atomic mass is 19.1. The number of anilines is 1. The molecule has 8 nitrogen and oxygen atoms in total. The van der Waals surface area contributed by atoms with E-state index in [0.29, 0.717) is 72.4 Å². The molecule has 2 aromatic heterocycles. The number of ether oxygens (including phenoxy) is 2. The van der Waals surface area contributed by atoms with Gasteiger partial charge in [0.05, 0.1) is 17.5 Å². The summed E-state index contributed by atoms with van der Waals surface area (Å²) in [5, 5.41) is 12.3. The summed E-state index contributed by atoms with van der Waals surface area (Å²) in [6.45, 7) is 5.73. The van der Waals surface area contributed by atoms with Crippen molar-refractivity contribution in [1.29, 1.82) is 0 Å². The van der Waals surface area contributed by atoms with Crippen molar-refractivity contribution < 1.29 is 23.4 Å². The molecule has 10 heteroatoms. The van der Waals surface area contributed by atoms with Gasteiger partial charge >= 0.3 is 6.01 Å². The van der Waals surface area contributed by atoms with Gasteiger partial charge in [-0.05, 0) is 55.8 Å². The Morgan fingerprint density at radius 3 is 2.93 bits per heavy atom. The van der Waals surface area contributed by atoms with Gasteiger partial charge in [0.2, 0.25) is 0 Å². The molecule has 2 aromatic carbocycles. The monoisotopic (exact) mass is 585 g/mol. The molecular weight excluding hydrogens is 552 g/mol. The van der Waals surface area contributed by atoms with Gasteiger partial charge in [-0.3, -0.25) is 9.88 Å². The van der Waals surface area contributed by atoms with Crippen molar-refractivity contribution in [2.75, 3.05) is 50.9 Å². The molecule has 4 aromatic rings. The van der Waals surface area contributed by atoms with Gasteiger partial charge in [0, 0.05) is 55.4 Å². The topological polar surface area (TPSA) is 83.8 Å². The first kappa shape index (κ1) is 27.7. The number of pyridine rings is 1. The zero-order chi connectivity index (χ0) is 29.7. The summed E-state index contributed by atoms with van der Waals surface area (Å²) < 4.78 is 43.0. The Morgan fingerprint density at radius 2 is 2.07 bits per heavy atom. The van der Waals surface area contributed by atoms with Gasteiger partial charge in [0.15, 0.2) is 5.82 Å². The van der Waals surface area contributed by atoms with E-state index in [-0.39, 0.29) is 29.6 Å². The molecule has 0 radical (unpaired) electrons. The Morgan fingerprint density at radius 1 is 1.19 bits per heavy atom. The van der Waals surface area contributed by atoms with Crippen molar-refractivity contribution in [2.24, 2.45) is 0 Å². The molecule has 3 aliphatic heterocycles. The molecular formula is C33H33F2N5O3. The van der Waals surface area contributed by atoms with Gasteiger partial charge in [0.1, 0.15) is 35.6 Å². The number of hydrogen-bond acceptors (Lipinski definition) is 8. The van der Waals surface area contributed by atoms with E-state index in [2.05, 4.69) is 20.8 Å². The predicted molar refractivity (Wildman–Crippen MR) is 161 cm³/mol. The Balaban J connectivity index is 1.38. The van der Waals surface area contributed by atoms with Crippen LogP contribution in [0.1, 0.15) is 36.8 Å². The molecule has 2 atom stereocenters. The molecule has 5 heterocycles. The predicted octanol–water partition coefficient (Wildman–Crippen LogP) is 5.16. The van der Waals surface area contributed by atoms with Crippen LogP contribution in [-0.4, -0.2) is 82.7 Å². The third-order valence-electron chi connectivity index (χ3n) is 9.11. The summed E-state index contributed by atoms with van der Waals surface area (Å²) in [5.41, 5.74) is 1.50. The van der Waals surface area contributed by atoms with Gasteiger partial charge in [-0.1, -0.05) is 18.1 Å². The number of benzene rings is 2. The highest BCUT2D eigenvalue weighted by Gasteiger charge is 2.49. The average molecular weight is 586 g/mol. The molecule has 0 spiro atoms. The fourth-order valence-corrected chi connectivity index (χ4v) is 7.05. The molecule has 0 amide bonds. The second kappa shape index (κ2) is 10.9. The Hall–Kier alpha value is -4.07. The van der Waals surface area contributed by atoms with E-state index in [4.69, 9.17) is 20.9 Å². The summed E-state index contributed by atoms with van der Waals surface area (Å²) in [4.78, 5) is 18.1. The van der Waals surface area contributed by atoms with Crippen molar-refractivity contribution in [2.45, 2.75) is 44.3 Å². The van der Waals surface area contributed by atoms with E-state index in [1.54, 1.807) is 12.3 Å². The van der Waals surface area contributed by atoms with Crippen LogP contribution >= 0.6 is 0 Å². The summed E-state index contributed by atoms with van der Waals surface area (Å²) in [6, 6.07) is 6.83. The number of rotatable bonds is 5. The van der Waals surface area contributed by atoms with E-state index >= 15 is 4.39 Å². The SMILES string of the molecule is C#Cc1c(C)ccc2cc(O)cc(-c3ncc4c(N5CCCOCC5)nc(OC[C@@]56CCCN5C[C@H](F)C6)nc4c3F)c12. The van der Waals surface area contributed by atoms with E-state index in [1.165, 1.54) is 6.07 Å². The average Bonchev–Trinajstić information content (AvgIpc) is 3.37. The molecule has 3 aliphatic rings. The number of phenolic OH excluding ortho intramolecular Hbond substituents is 1. The lowest BCUT2D eigenvalue weighted by Gasteiger charge is -2.31. The lowest BCUT2D eigenvalue weighted by molar-refractivity contribution is 0.107. The van der Waals surface area contributed by atoms with E-state index in [9.17, 15) is 9.50 Å². The van der Waals surface area contributed by atoms with Crippen LogP contribution in [0.3, 0.4) is 0 Å². The Labute approximate surface area is 248 Å². The first-order valence-corrected chi connectivity index (χ1v) is 14.8. The number of terminal acetylenes is 1. The van der Waals surface area contributed by atoms with Crippen molar-refractivity contribution in [3.8, 4) is 35.4 Å². The molecule has 7 rings (SSSR count). The number of alkyl halides is 1. The van der Waals surface area contributed by atoms with Gasteiger partial charge < -0.3 is 19.5 Å². The molecule has 1 N–H and O–H groups in total. The van der Waals surface area contributed by atoms with Crippen LogP contribution < -0.4 is 9.64 Å². The number of fused-ring (bicyclic) bond motifs is 3. The van der Waals surface area contributed by atoms with Crippen LogP contribution in [0.15, 0.2) is 30.5 Å². The number of nitrogens with zero attached hydrogens (tertiary/aromatic N) is 5. The molecule has 43 heavy (non-hydrogen) atoms. The number of aromatic nitrogens is 3. The number of aryl methyl sites for hydroxylation is 1. The zero-order valence-electron chi connectivity index (χ0n) is 24.1. The molecule has 0 aliphatic carbocycles. The summed E-state index contributed by atoms with van der Waals surface area (Å²) >= 11 is 0. The Bertz CT molecular complexity index is 1770. The first-order valence-electron chi connectivity index (χ1n) is 14.8. The third kappa shape index (κ3) is 4.81. The molecule has 3 fully saturated rings. The number of halogens is 2. The normalized spacial score (nSPS) is 22.6. The quantitative estimate of drug-likeness (QED) is 0.322. The minimum atomic E-state index is -0.895. The van der Waals surface area contributed by atoms with Crippen LogP contribution in [0.2, 0.25) is 0 Å². The van der Waals surface area contributed by atoms with Crippen molar-refractivity contribution in [1.82, 2.24) is 19.9 Å². The first-order chi connectivity index (χ1) is 20.9. The maximum Gasteiger partial charge on any atom is 0.319 e. The smallest absolute Gasteiger partial charge is 0.319 e. The fraction of sp³-hybridized carbons (Fsp3) is 0.424. The summed E-state index contributed by atoms with van der Waals surface area (Å²) in [5.74, 6) is 2.54. The van der Waals surface area contributed by atoms with Crippen molar-refractivity contribution in [3.05, 3.63) is 47.4 Å². The number of hydrogen-bond donors (Lipinski definition) is 1. The van der Waals surface area contributed by atoms with Gasteiger partial charge in [-0.25, -0.2) is 8.78 Å². The minimum Gasteiger partial charge on any atom is -0.508 e. The molecule has 222 valence electrons. The molecule has 3 saturated heterocycles. The van der Waals surface area contributed by atoms with Crippen molar-refractivity contribution in [3.63, 3.8) is 0 Å². The highest BCUT2D eigenvalue weighted by molar-refractivity contribution is 6.03. The van der Waals surface area contributed by atoms with Crippen LogP contribution in [0.5, 0.6) is 11.8 Å².